The van der Waals surface area contributed by atoms with E-state index in [9.17, 15) is 0 Å². The SMILES string of the molecule is CC(C)(C)c1ccc(N(C2=CC=C(c3cc(C4=CCCC=C4)c(-c4ccccc4)c4c3c3c(c5ccccc54)CCC=C3)CC2)c2ccccc2)cc1. The van der Waals surface area contributed by atoms with Crippen molar-refractivity contribution < 1.29 is 0 Å². The Kier molecular flexibility index (Phi) is 8.59. The van der Waals surface area contributed by atoms with Gasteiger partial charge in [0.05, 0.1) is 0 Å². The van der Waals surface area contributed by atoms with Crippen molar-refractivity contribution in [1.29, 1.82) is 0 Å². The summed E-state index contributed by atoms with van der Waals surface area (Å²) in [6.07, 6.45) is 23.0. The quantitative estimate of drug-likeness (QED) is 0.158. The van der Waals surface area contributed by atoms with Crippen molar-refractivity contribution in [2.75, 3.05) is 4.90 Å². The Morgan fingerprint density at radius 3 is 1.96 bits per heavy atom. The zero-order valence-electron chi connectivity index (χ0n) is 31.2. The fraction of sp³-hybridized carbons (Fsp3) is 0.192. The molecule has 9 rings (SSSR count). The van der Waals surface area contributed by atoms with E-state index in [-0.39, 0.29) is 5.41 Å². The lowest BCUT2D eigenvalue weighted by Gasteiger charge is -2.31. The van der Waals surface area contributed by atoms with Crippen molar-refractivity contribution >= 4 is 50.1 Å². The molecule has 0 heterocycles. The van der Waals surface area contributed by atoms with Gasteiger partial charge in [0.1, 0.15) is 0 Å². The molecule has 0 unspecified atom stereocenters. The molecule has 0 fully saturated rings. The zero-order chi connectivity index (χ0) is 35.9. The first kappa shape index (κ1) is 33.2. The lowest BCUT2D eigenvalue weighted by Crippen LogP contribution is -2.18. The molecule has 3 aliphatic rings. The highest BCUT2D eigenvalue weighted by Crippen LogP contribution is 2.49. The molecular weight excluding hydrogens is 639 g/mol. The third-order valence-electron chi connectivity index (χ3n) is 11.4. The van der Waals surface area contributed by atoms with Crippen LogP contribution in [0.1, 0.15) is 80.7 Å². The topological polar surface area (TPSA) is 3.24 Å². The second-order valence-electron chi connectivity index (χ2n) is 15.8. The van der Waals surface area contributed by atoms with Crippen LogP contribution >= 0.6 is 0 Å². The molecule has 0 atom stereocenters. The number of nitrogens with zero attached hydrogens (tertiary/aromatic N) is 1. The predicted octanol–water partition coefficient (Wildman–Crippen LogP) is 14.5. The van der Waals surface area contributed by atoms with Gasteiger partial charge in [-0.15, -0.1) is 0 Å². The van der Waals surface area contributed by atoms with E-state index in [1.165, 1.54) is 88.7 Å². The molecule has 0 spiro atoms. The fourth-order valence-electron chi connectivity index (χ4n) is 8.78. The third-order valence-corrected chi connectivity index (χ3v) is 11.4. The highest BCUT2D eigenvalue weighted by atomic mass is 15.1. The maximum absolute atomic E-state index is 2.55. The van der Waals surface area contributed by atoms with Gasteiger partial charge in [-0.25, -0.2) is 0 Å². The van der Waals surface area contributed by atoms with E-state index in [0.29, 0.717) is 0 Å². The van der Waals surface area contributed by atoms with Gasteiger partial charge in [0.15, 0.2) is 0 Å². The number of allylic oxidation sites excluding steroid dienone is 9. The Labute approximate surface area is 315 Å². The van der Waals surface area contributed by atoms with E-state index in [1.54, 1.807) is 0 Å². The minimum atomic E-state index is 0.110. The van der Waals surface area contributed by atoms with Gasteiger partial charge >= 0.3 is 0 Å². The summed E-state index contributed by atoms with van der Waals surface area (Å²) < 4.78 is 0. The normalized spacial score (nSPS) is 15.6. The molecule has 0 saturated heterocycles. The van der Waals surface area contributed by atoms with Crippen LogP contribution in [0.5, 0.6) is 0 Å². The number of anilines is 2. The summed E-state index contributed by atoms with van der Waals surface area (Å²) >= 11 is 0. The first-order chi connectivity index (χ1) is 26.0. The van der Waals surface area contributed by atoms with E-state index in [4.69, 9.17) is 0 Å². The van der Waals surface area contributed by atoms with Gasteiger partial charge in [-0.1, -0.05) is 142 Å². The molecule has 6 aromatic rings. The number of rotatable bonds is 6. The Hall–Kier alpha value is -5.66. The highest BCUT2D eigenvalue weighted by Gasteiger charge is 2.26. The van der Waals surface area contributed by atoms with E-state index >= 15 is 0 Å². The van der Waals surface area contributed by atoms with Crippen molar-refractivity contribution in [3.63, 3.8) is 0 Å². The molecule has 53 heavy (non-hydrogen) atoms. The molecule has 0 bridgehead atoms. The maximum atomic E-state index is 2.55. The number of para-hydroxylation sites is 1. The molecule has 0 saturated carbocycles. The highest BCUT2D eigenvalue weighted by molar-refractivity contribution is 6.23. The first-order valence-electron chi connectivity index (χ1n) is 19.4. The monoisotopic (exact) mass is 685 g/mol. The van der Waals surface area contributed by atoms with Crippen LogP contribution in [0.2, 0.25) is 0 Å². The molecule has 1 heteroatoms. The Morgan fingerprint density at radius 2 is 1.26 bits per heavy atom. The van der Waals surface area contributed by atoms with Crippen LogP contribution in [0.3, 0.4) is 0 Å². The predicted molar refractivity (Wildman–Crippen MR) is 230 cm³/mol. The summed E-state index contributed by atoms with van der Waals surface area (Å²) in [6, 6.07) is 42.9. The van der Waals surface area contributed by atoms with Crippen LogP contribution < -0.4 is 4.90 Å². The van der Waals surface area contributed by atoms with Crippen molar-refractivity contribution in [3.8, 4) is 11.1 Å². The lowest BCUT2D eigenvalue weighted by atomic mass is 9.77. The molecule has 0 N–H and O–H groups in total. The van der Waals surface area contributed by atoms with Crippen molar-refractivity contribution in [2.24, 2.45) is 0 Å². The Balaban J connectivity index is 1.29. The van der Waals surface area contributed by atoms with Gasteiger partial charge in [-0.3, -0.25) is 0 Å². The van der Waals surface area contributed by atoms with Crippen LogP contribution in [0, 0.1) is 0 Å². The van der Waals surface area contributed by atoms with Crippen molar-refractivity contribution in [3.05, 3.63) is 185 Å². The summed E-state index contributed by atoms with van der Waals surface area (Å²) in [5.41, 5.74) is 16.1. The number of hydrogen-bond donors (Lipinski definition) is 0. The van der Waals surface area contributed by atoms with Gasteiger partial charge in [-0.05, 0) is 152 Å². The van der Waals surface area contributed by atoms with Crippen LogP contribution in [-0.2, 0) is 11.8 Å². The molecule has 3 aliphatic carbocycles. The minimum absolute atomic E-state index is 0.110. The van der Waals surface area contributed by atoms with E-state index < -0.39 is 0 Å². The number of aryl methyl sites for hydroxylation is 1. The van der Waals surface area contributed by atoms with E-state index in [1.807, 2.05) is 0 Å². The van der Waals surface area contributed by atoms with Crippen molar-refractivity contribution in [2.45, 2.75) is 64.7 Å². The second-order valence-corrected chi connectivity index (χ2v) is 15.8. The van der Waals surface area contributed by atoms with Gasteiger partial charge in [0.2, 0.25) is 0 Å². The van der Waals surface area contributed by atoms with Crippen LogP contribution in [0.15, 0.2) is 157 Å². The van der Waals surface area contributed by atoms with E-state index in [2.05, 4.69) is 183 Å². The average molecular weight is 686 g/mol. The standard InChI is InChI=1S/C52H47N/c1-52(2,3)39-29-33-42(34-30-39)53(40-21-11-6-12-22-40)41-31-27-37(28-32-41)48-35-47(36-17-7-4-8-18-36)49(38-19-9-5-10-20-38)51-46-26-16-14-24-44(46)43-23-13-15-25-45(43)50(48)51/h5-7,9-12,14-22,24-27,29-31,33-35H,4,8,13,23,28,32H2,1-3H3. The summed E-state index contributed by atoms with van der Waals surface area (Å²) in [5.74, 6) is 0. The molecule has 0 radical (unpaired) electrons. The zero-order valence-corrected chi connectivity index (χ0v) is 31.2. The molecule has 0 aromatic heterocycles. The van der Waals surface area contributed by atoms with Gasteiger partial charge in [0.25, 0.3) is 0 Å². The van der Waals surface area contributed by atoms with Crippen LogP contribution in [0.25, 0.3) is 49.9 Å². The number of hydrogen-bond acceptors (Lipinski definition) is 1. The summed E-state index contributed by atoms with van der Waals surface area (Å²) in [5, 5.41) is 5.53. The van der Waals surface area contributed by atoms with Gasteiger partial charge < -0.3 is 4.90 Å². The molecular formula is C52H47N. The van der Waals surface area contributed by atoms with Gasteiger partial charge in [0, 0.05) is 17.1 Å². The first-order valence-corrected chi connectivity index (χ1v) is 19.4. The molecule has 6 aromatic carbocycles. The van der Waals surface area contributed by atoms with Crippen LogP contribution in [-0.4, -0.2) is 0 Å². The largest absolute Gasteiger partial charge is 0.314 e. The van der Waals surface area contributed by atoms with Gasteiger partial charge in [-0.2, -0.15) is 0 Å². The average Bonchev–Trinajstić information content (AvgIpc) is 3.21. The van der Waals surface area contributed by atoms with Crippen molar-refractivity contribution in [1.82, 2.24) is 0 Å². The Morgan fingerprint density at radius 1 is 0.566 bits per heavy atom. The minimum Gasteiger partial charge on any atom is -0.314 e. The third kappa shape index (κ3) is 6.09. The summed E-state index contributed by atoms with van der Waals surface area (Å²) in [6.45, 7) is 6.85. The Bertz CT molecular complexity index is 2500. The lowest BCUT2D eigenvalue weighted by molar-refractivity contribution is 0.590. The summed E-state index contributed by atoms with van der Waals surface area (Å²) in [4.78, 5) is 2.46. The smallest absolute Gasteiger partial charge is 0.0458 e. The number of benzene rings is 6. The second kappa shape index (κ2) is 13.7. The number of fused-ring (bicyclic) bond motifs is 6. The fourth-order valence-corrected chi connectivity index (χ4v) is 8.78. The maximum Gasteiger partial charge on any atom is 0.0458 e. The molecule has 0 aliphatic heterocycles. The molecule has 0 amide bonds. The summed E-state index contributed by atoms with van der Waals surface area (Å²) in [7, 11) is 0. The molecule has 260 valence electrons. The van der Waals surface area contributed by atoms with Crippen LogP contribution in [0.4, 0.5) is 11.4 Å². The van der Waals surface area contributed by atoms with E-state index in [0.717, 1.165) is 38.5 Å². The molecule has 1 nitrogen and oxygen atoms in total.